The van der Waals surface area contributed by atoms with E-state index in [0.29, 0.717) is 0 Å². The van der Waals surface area contributed by atoms with Crippen molar-refractivity contribution >= 4 is 296 Å². The molecule has 0 N–H and O–H groups in total. The first-order valence-electron chi connectivity index (χ1n) is 26.1. The Morgan fingerprint density at radius 3 is 0.629 bits per heavy atom. The molecule has 0 aromatic heterocycles. The third kappa shape index (κ3) is 1.31. The average molecular weight is 853 g/mol. The van der Waals surface area contributed by atoms with Gasteiger partial charge in [0.05, 0.1) is 5.41 Å². The van der Waals surface area contributed by atoms with E-state index in [1.54, 1.807) is 313 Å². The molecule has 0 bridgehead atoms. The van der Waals surface area contributed by atoms with Crippen molar-refractivity contribution in [1.29, 1.82) is 0 Å². The summed E-state index contributed by atoms with van der Waals surface area (Å²) < 4.78 is 8.59. The van der Waals surface area contributed by atoms with Gasteiger partial charge in [-0.05, 0) is 314 Å². The van der Waals surface area contributed by atoms with Gasteiger partial charge >= 0.3 is 0 Å². The van der Waals surface area contributed by atoms with Crippen molar-refractivity contribution in [1.82, 2.24) is 0 Å². The maximum atomic E-state index is 8.59. The molecule has 0 fully saturated rings. The lowest BCUT2D eigenvalue weighted by molar-refractivity contribution is 0.0323. The van der Waals surface area contributed by atoms with Gasteiger partial charge in [0.15, 0.2) is 5.60 Å². The molecule has 1 aliphatic heterocycles. The van der Waals surface area contributed by atoms with Crippen LogP contribution >= 0.6 is 0 Å². The van der Waals surface area contributed by atoms with Crippen LogP contribution in [0.5, 0.6) is 0 Å². The lowest BCUT2D eigenvalue weighted by atomic mass is 9.52. The number of hydrogen-bond acceptors (Lipinski definition) is 1. The molecule has 1 nitrogen and oxygen atoms in total. The Bertz CT molecular complexity index is 7260. The second-order valence-electron chi connectivity index (χ2n) is 25.6. The van der Waals surface area contributed by atoms with Gasteiger partial charge in [0.25, 0.3) is 0 Å². The molecule has 2 spiro atoms. The van der Waals surface area contributed by atoms with Crippen LogP contribution < -0.4 is 0 Å². The first-order valence-corrected chi connectivity index (χ1v) is 26.1. The van der Waals surface area contributed by atoms with Gasteiger partial charge in [-0.3, -0.25) is 0 Å². The fourth-order valence-electron chi connectivity index (χ4n) is 25.4. The van der Waals surface area contributed by atoms with E-state index >= 15 is 0 Å². The standard InChI is InChI=1S/C69H8O/c1-7-63(8-5-3-2-4-6-8)68-64-55-47-37-27-19-11-9-10-13-17-15(11)23-31-25(17)35-29-21(13)22-14(10)18-16-12(9)20(19)28-34-24(16)32-26(18)36-30(22)40-39(29)51-45(35)53-43(31)49(41(47)33(23)27)57(64)59(53)66-61(51)62-52(40)46(36)54-44(32)50-42(34)48(38(28)37)56(55)65(68)58(50)60(54)67(62)69(66,68)70-7/h2-6H,1H3. The van der Waals surface area contributed by atoms with Crippen LogP contribution in [0.1, 0.15) is 34.7 Å². The second-order valence-corrected chi connectivity index (χ2v) is 25.6. The molecule has 0 saturated carbocycles. The minimum absolute atomic E-state index is 0.552. The van der Waals surface area contributed by atoms with Crippen molar-refractivity contribution in [3.63, 3.8) is 0 Å². The van der Waals surface area contributed by atoms with Crippen LogP contribution in [0, 0.1) is 0 Å². The fourth-order valence-corrected chi connectivity index (χ4v) is 25.4. The third-order valence-electron chi connectivity index (χ3n) is 25.3. The van der Waals surface area contributed by atoms with E-state index in [-0.39, 0.29) is 0 Å². The summed E-state index contributed by atoms with van der Waals surface area (Å²) >= 11 is 0. The Kier molecular flexibility index (Phi) is 2.09. The Labute approximate surface area is 381 Å². The predicted octanol–water partition coefficient (Wildman–Crippen LogP) is 18.7. The summed E-state index contributed by atoms with van der Waals surface area (Å²) in [6.07, 6.45) is 0. The van der Waals surface area contributed by atoms with Crippen molar-refractivity contribution in [3.8, 4) is 0 Å². The van der Waals surface area contributed by atoms with Gasteiger partial charge in [-0.1, -0.05) is 30.3 Å². The maximum Gasteiger partial charge on any atom is 0.179 e. The molecule has 0 saturated heterocycles. The highest BCUT2D eigenvalue weighted by molar-refractivity contribution is 6.82. The summed E-state index contributed by atoms with van der Waals surface area (Å²) in [7, 11) is 0. The van der Waals surface area contributed by atoms with Crippen LogP contribution in [-0.4, -0.2) is 0 Å². The van der Waals surface area contributed by atoms with Crippen molar-refractivity contribution in [2.45, 2.75) is 17.9 Å². The van der Waals surface area contributed by atoms with Gasteiger partial charge in [-0.2, -0.15) is 0 Å². The van der Waals surface area contributed by atoms with E-state index < -0.39 is 11.0 Å². The summed E-state index contributed by atoms with van der Waals surface area (Å²) in [5.41, 5.74) is 7.91. The predicted molar refractivity (Wildman–Crippen MR) is 294 cm³/mol. The van der Waals surface area contributed by atoms with E-state index in [2.05, 4.69) is 37.3 Å². The first kappa shape index (κ1) is 25.5. The van der Waals surface area contributed by atoms with Crippen LogP contribution in [0.4, 0.5) is 0 Å². The smallest absolute Gasteiger partial charge is 0.179 e. The van der Waals surface area contributed by atoms with E-state index in [1.807, 2.05) is 0 Å². The molecule has 0 amide bonds. The molecule has 29 aromatic carbocycles. The van der Waals surface area contributed by atoms with E-state index in [4.69, 9.17) is 4.74 Å². The lowest BCUT2D eigenvalue weighted by Gasteiger charge is -2.50. The summed E-state index contributed by atoms with van der Waals surface area (Å²) in [6.45, 7) is 2.40. The Balaban J connectivity index is 1.20. The monoisotopic (exact) mass is 852 g/mol. The van der Waals surface area contributed by atoms with Crippen molar-refractivity contribution < 1.29 is 4.74 Å². The molecule has 0 radical (unpaired) electrons. The zero-order valence-electron chi connectivity index (χ0n) is 35.8. The fraction of sp³-hybridized carbons (Fsp3) is 0.0435. The summed E-state index contributed by atoms with van der Waals surface area (Å²) in [6, 6.07) is 11.8. The second kappa shape index (κ2) is 5.72. The maximum absolute atomic E-state index is 8.59. The normalized spacial score (nSPS) is 22.5. The molecule has 1 heteroatoms. The van der Waals surface area contributed by atoms with Gasteiger partial charge in [-0.25, -0.2) is 0 Å². The largest absolute Gasteiger partial charge is 0.480 e. The quantitative estimate of drug-likeness (QED) is 0.150. The van der Waals surface area contributed by atoms with Crippen LogP contribution in [0.25, 0.3) is 296 Å². The minimum atomic E-state index is -0.729. The van der Waals surface area contributed by atoms with Crippen LogP contribution in [0.3, 0.4) is 0 Å². The molecule has 0 unspecified atom stereocenters. The minimum Gasteiger partial charge on any atom is -0.480 e. The first-order chi connectivity index (χ1) is 34.8. The molecule has 290 valence electrons. The van der Waals surface area contributed by atoms with E-state index in [9.17, 15) is 0 Å². The zero-order valence-corrected chi connectivity index (χ0v) is 35.8. The summed E-state index contributed by atoms with van der Waals surface area (Å²) in [5.74, 6) is 1.14. The van der Waals surface area contributed by atoms with Crippen LogP contribution in [-0.2, 0) is 15.8 Å². The van der Waals surface area contributed by atoms with Crippen molar-refractivity contribution in [2.24, 2.45) is 0 Å². The summed E-state index contributed by atoms with van der Waals surface area (Å²) in [5, 5.41) is 87.9. The van der Waals surface area contributed by atoms with Gasteiger partial charge < -0.3 is 4.74 Å². The zero-order chi connectivity index (χ0) is 41.5. The Morgan fingerprint density at radius 1 is 0.229 bits per heavy atom. The molecule has 34 rings (SSSR count). The highest BCUT2D eigenvalue weighted by atomic mass is 16.5. The summed E-state index contributed by atoms with van der Waals surface area (Å²) in [4.78, 5) is 0. The van der Waals surface area contributed by atoms with E-state index in [1.165, 1.54) is 11.1 Å². The molecule has 70 heavy (non-hydrogen) atoms. The highest BCUT2D eigenvalue weighted by Crippen LogP contribution is 2.87. The molecular weight excluding hydrogens is 845 g/mol. The molecule has 29 aromatic rings. The molecule has 4 aliphatic carbocycles. The van der Waals surface area contributed by atoms with Crippen LogP contribution in [0.2, 0.25) is 0 Å². The molecular formula is C69H8O. The third-order valence-corrected chi connectivity index (χ3v) is 25.3. The number of benzene rings is 19. The highest BCUT2D eigenvalue weighted by Gasteiger charge is 2.75. The van der Waals surface area contributed by atoms with Crippen LogP contribution in [0.15, 0.2) is 36.1 Å². The van der Waals surface area contributed by atoms with Gasteiger partial charge in [0.1, 0.15) is 5.76 Å². The SMILES string of the molecule is CC1=C(c2ccccc2)C23c4c5c6c7c8c9c(c%10c%11c2c2c4c4c%12c5c5c6c6c8c8c%13c9c9c%10c%10c%11c%11c2c2c4c4c%12c%12c5c5c6c8c6c8c%13c9c9c%10c%10c%11c2c2c4c4c%12c5c6c5c8c9c%10c2c45)C73O1. The number of allylic oxidation sites excluding steroid dienone is 1. The average Bonchev–Trinajstić information content (AvgIpc) is 4.35. The van der Waals surface area contributed by atoms with Crippen molar-refractivity contribution in [2.75, 3.05) is 0 Å². The molecule has 0 atom stereocenters. The Morgan fingerprint density at radius 2 is 0.414 bits per heavy atom. The van der Waals surface area contributed by atoms with Gasteiger partial charge in [0.2, 0.25) is 0 Å². The Hall–Kier alpha value is -8.78. The lowest BCUT2D eigenvalue weighted by Crippen LogP contribution is -2.50. The van der Waals surface area contributed by atoms with Gasteiger partial charge in [-0.15, -0.1) is 0 Å². The number of ether oxygens (including phenoxy) is 1. The number of rotatable bonds is 1. The number of hydrogen-bond donors (Lipinski definition) is 0. The topological polar surface area (TPSA) is 9.23 Å². The molecule has 5 aliphatic rings. The van der Waals surface area contributed by atoms with E-state index in [0.717, 1.165) is 5.76 Å². The van der Waals surface area contributed by atoms with Crippen molar-refractivity contribution in [3.05, 3.63) is 63.9 Å². The van der Waals surface area contributed by atoms with Gasteiger partial charge in [0, 0.05) is 16.7 Å². The molecule has 1 heterocycles.